The van der Waals surface area contributed by atoms with Gasteiger partial charge in [-0.2, -0.15) is 0 Å². The van der Waals surface area contributed by atoms with E-state index in [1.54, 1.807) is 24.3 Å². The number of amides is 3. The molecule has 0 unspecified atom stereocenters. The zero-order valence-electron chi connectivity index (χ0n) is 14.9. The second-order valence-corrected chi connectivity index (χ2v) is 6.82. The Hall–Kier alpha value is -3.48. The van der Waals surface area contributed by atoms with Crippen molar-refractivity contribution in [2.24, 2.45) is 11.8 Å². The van der Waals surface area contributed by atoms with Crippen molar-refractivity contribution >= 4 is 29.1 Å². The lowest BCUT2D eigenvalue weighted by molar-refractivity contribution is -0.139. The highest BCUT2D eigenvalue weighted by atomic mass is 19.1. The number of anilines is 2. The van der Waals surface area contributed by atoms with E-state index in [0.717, 1.165) is 0 Å². The SMILES string of the molecule is O=C(Nc1cccc(F)c1)c1cccc(N2NC(=O)[C@H]3CC=CC[C@@H]3C2=O)c1. The topological polar surface area (TPSA) is 78.5 Å². The van der Waals surface area contributed by atoms with Gasteiger partial charge in [-0.15, -0.1) is 0 Å². The average Bonchev–Trinajstić information content (AvgIpc) is 2.71. The van der Waals surface area contributed by atoms with E-state index in [2.05, 4.69) is 10.7 Å². The van der Waals surface area contributed by atoms with Crippen molar-refractivity contribution in [2.45, 2.75) is 12.8 Å². The Morgan fingerprint density at radius 3 is 2.57 bits per heavy atom. The minimum atomic E-state index is -0.454. The fraction of sp³-hybridized carbons (Fsp3) is 0.190. The first-order valence-corrected chi connectivity index (χ1v) is 8.99. The summed E-state index contributed by atoms with van der Waals surface area (Å²) < 4.78 is 13.3. The van der Waals surface area contributed by atoms with Crippen LogP contribution < -0.4 is 15.8 Å². The van der Waals surface area contributed by atoms with Gasteiger partial charge in [-0.1, -0.05) is 24.3 Å². The lowest BCUT2D eigenvalue weighted by Crippen LogP contribution is -2.59. The molecule has 1 heterocycles. The zero-order chi connectivity index (χ0) is 19.7. The molecule has 4 rings (SSSR count). The average molecular weight is 379 g/mol. The van der Waals surface area contributed by atoms with Crippen LogP contribution in [-0.4, -0.2) is 17.7 Å². The van der Waals surface area contributed by atoms with Gasteiger partial charge in [0.1, 0.15) is 5.82 Å². The third kappa shape index (κ3) is 3.38. The minimum Gasteiger partial charge on any atom is -0.322 e. The summed E-state index contributed by atoms with van der Waals surface area (Å²) in [5.74, 6) is -2.05. The number of hydrogen-bond acceptors (Lipinski definition) is 3. The molecule has 3 amide bonds. The number of rotatable bonds is 3. The summed E-state index contributed by atoms with van der Waals surface area (Å²) in [5, 5.41) is 3.83. The van der Waals surface area contributed by atoms with Crippen LogP contribution in [-0.2, 0) is 9.59 Å². The Balaban J connectivity index is 1.56. The Morgan fingerprint density at radius 2 is 1.79 bits per heavy atom. The first kappa shape index (κ1) is 17.9. The summed E-state index contributed by atoms with van der Waals surface area (Å²) in [5.41, 5.74) is 3.65. The molecule has 28 heavy (non-hydrogen) atoms. The number of hydrazine groups is 1. The van der Waals surface area contributed by atoms with E-state index in [1.165, 1.54) is 29.3 Å². The fourth-order valence-electron chi connectivity index (χ4n) is 3.54. The van der Waals surface area contributed by atoms with E-state index in [9.17, 15) is 18.8 Å². The van der Waals surface area contributed by atoms with Gasteiger partial charge in [0.05, 0.1) is 17.5 Å². The summed E-state index contributed by atoms with van der Waals surface area (Å²) in [7, 11) is 0. The number of allylic oxidation sites excluding steroid dienone is 2. The molecule has 2 atom stereocenters. The van der Waals surface area contributed by atoms with Gasteiger partial charge in [-0.3, -0.25) is 19.8 Å². The molecule has 7 heteroatoms. The normalized spacial score (nSPS) is 21.1. The molecule has 0 aromatic heterocycles. The zero-order valence-corrected chi connectivity index (χ0v) is 14.9. The van der Waals surface area contributed by atoms with Gasteiger partial charge in [-0.25, -0.2) is 9.40 Å². The Labute approximate surface area is 161 Å². The smallest absolute Gasteiger partial charge is 0.255 e. The predicted octanol–water partition coefficient (Wildman–Crippen LogP) is 3.04. The second-order valence-electron chi connectivity index (χ2n) is 6.82. The number of halogens is 1. The fourth-order valence-corrected chi connectivity index (χ4v) is 3.54. The standard InChI is InChI=1S/C21H18FN3O3/c22-14-6-4-7-15(12-14)23-19(26)13-5-3-8-16(11-13)25-21(28)18-10-2-1-9-17(18)20(27)24-25/h1-8,11-12,17-18H,9-10H2,(H,23,26)(H,24,27)/t17-,18-/m0/s1. The number of hydrogen-bond donors (Lipinski definition) is 2. The highest BCUT2D eigenvalue weighted by Gasteiger charge is 2.42. The molecule has 0 radical (unpaired) electrons. The van der Waals surface area contributed by atoms with Gasteiger partial charge in [0, 0.05) is 11.3 Å². The molecule has 6 nitrogen and oxygen atoms in total. The summed E-state index contributed by atoms with van der Waals surface area (Å²) in [6.07, 6.45) is 4.90. The van der Waals surface area contributed by atoms with Gasteiger partial charge in [-0.05, 0) is 49.2 Å². The van der Waals surface area contributed by atoms with Crippen LogP contribution >= 0.6 is 0 Å². The van der Waals surface area contributed by atoms with E-state index >= 15 is 0 Å². The predicted molar refractivity (Wildman–Crippen MR) is 102 cm³/mol. The van der Waals surface area contributed by atoms with Crippen molar-refractivity contribution in [3.63, 3.8) is 0 Å². The molecule has 2 aliphatic rings. The number of carbonyl (C=O) groups excluding carboxylic acids is 3. The molecular weight excluding hydrogens is 361 g/mol. The van der Waals surface area contributed by atoms with Crippen molar-refractivity contribution in [3.05, 3.63) is 72.1 Å². The van der Waals surface area contributed by atoms with Crippen molar-refractivity contribution in [3.8, 4) is 0 Å². The molecule has 142 valence electrons. The van der Waals surface area contributed by atoms with Gasteiger partial charge >= 0.3 is 0 Å². The van der Waals surface area contributed by atoms with Crippen molar-refractivity contribution in [1.82, 2.24) is 5.43 Å². The van der Waals surface area contributed by atoms with Crippen LogP contribution in [0.25, 0.3) is 0 Å². The van der Waals surface area contributed by atoms with E-state index < -0.39 is 17.6 Å². The van der Waals surface area contributed by atoms with Gasteiger partial charge < -0.3 is 5.32 Å². The molecule has 2 aromatic carbocycles. The first-order chi connectivity index (χ1) is 13.5. The van der Waals surface area contributed by atoms with Gasteiger partial charge in [0.25, 0.3) is 5.91 Å². The summed E-state index contributed by atoms with van der Waals surface area (Å²) in [6.45, 7) is 0. The number of nitrogens with one attached hydrogen (secondary N) is 2. The highest BCUT2D eigenvalue weighted by Crippen LogP contribution is 2.32. The molecule has 0 spiro atoms. The van der Waals surface area contributed by atoms with Crippen molar-refractivity contribution < 1.29 is 18.8 Å². The third-order valence-corrected chi connectivity index (χ3v) is 4.98. The quantitative estimate of drug-likeness (QED) is 0.805. The van der Waals surface area contributed by atoms with E-state index in [1.807, 2.05) is 12.2 Å². The maximum absolute atomic E-state index is 13.3. The van der Waals surface area contributed by atoms with Crippen LogP contribution in [0.4, 0.5) is 15.8 Å². The Bertz CT molecular complexity index is 988. The number of fused-ring (bicyclic) bond motifs is 1. The monoisotopic (exact) mass is 379 g/mol. The van der Waals surface area contributed by atoms with Crippen LogP contribution in [0.5, 0.6) is 0 Å². The molecule has 1 aliphatic heterocycles. The van der Waals surface area contributed by atoms with Crippen LogP contribution in [0.15, 0.2) is 60.7 Å². The van der Waals surface area contributed by atoms with E-state index in [-0.39, 0.29) is 23.3 Å². The Morgan fingerprint density at radius 1 is 1.04 bits per heavy atom. The van der Waals surface area contributed by atoms with Crippen LogP contribution in [0, 0.1) is 17.7 Å². The second kappa shape index (κ2) is 7.26. The molecular formula is C21H18FN3O3. The molecule has 0 bridgehead atoms. The number of carbonyl (C=O) groups is 3. The van der Waals surface area contributed by atoms with E-state index in [4.69, 9.17) is 0 Å². The minimum absolute atomic E-state index is 0.198. The third-order valence-electron chi connectivity index (χ3n) is 4.98. The summed E-state index contributed by atoms with van der Waals surface area (Å²) in [6, 6.07) is 12.0. The van der Waals surface area contributed by atoms with Crippen molar-refractivity contribution in [1.29, 1.82) is 0 Å². The largest absolute Gasteiger partial charge is 0.322 e. The van der Waals surface area contributed by atoms with Gasteiger partial charge in [0.15, 0.2) is 0 Å². The summed E-state index contributed by atoms with van der Waals surface area (Å²) >= 11 is 0. The molecule has 0 saturated carbocycles. The van der Waals surface area contributed by atoms with Crippen LogP contribution in [0.1, 0.15) is 23.2 Å². The molecule has 2 N–H and O–H groups in total. The van der Waals surface area contributed by atoms with Gasteiger partial charge in [0.2, 0.25) is 11.8 Å². The molecule has 2 aromatic rings. The van der Waals surface area contributed by atoms with Crippen LogP contribution in [0.3, 0.4) is 0 Å². The summed E-state index contributed by atoms with van der Waals surface area (Å²) in [4.78, 5) is 37.7. The maximum atomic E-state index is 13.3. The number of benzene rings is 2. The highest BCUT2D eigenvalue weighted by molar-refractivity contribution is 6.07. The van der Waals surface area contributed by atoms with Crippen molar-refractivity contribution in [2.75, 3.05) is 10.3 Å². The number of nitrogens with zero attached hydrogens (tertiary/aromatic N) is 1. The van der Waals surface area contributed by atoms with Crippen LogP contribution in [0.2, 0.25) is 0 Å². The Kier molecular flexibility index (Phi) is 4.65. The first-order valence-electron chi connectivity index (χ1n) is 8.99. The lowest BCUT2D eigenvalue weighted by Gasteiger charge is -2.38. The molecule has 1 fully saturated rings. The lowest BCUT2D eigenvalue weighted by atomic mass is 9.80. The molecule has 1 aliphatic carbocycles. The van der Waals surface area contributed by atoms with E-state index in [0.29, 0.717) is 24.2 Å². The maximum Gasteiger partial charge on any atom is 0.255 e. The molecule has 1 saturated heterocycles.